The molecule has 0 radical (unpaired) electrons. The fraction of sp³-hybridized carbons (Fsp3) is 0.333. The molecule has 0 aliphatic carbocycles. The van der Waals surface area contributed by atoms with Crippen LogP contribution in [0.25, 0.3) is 0 Å². The molecule has 0 N–H and O–H groups in total. The number of hydrogen-bond acceptors (Lipinski definition) is 3. The molecule has 2 aromatic rings. The molecule has 0 amide bonds. The predicted octanol–water partition coefficient (Wildman–Crippen LogP) is 3.44. The summed E-state index contributed by atoms with van der Waals surface area (Å²) in [6.45, 7) is 1.26. The van der Waals surface area contributed by atoms with Gasteiger partial charge >= 0.3 is 0 Å². The number of ether oxygens (including phenoxy) is 3. The van der Waals surface area contributed by atoms with E-state index in [1.807, 2.05) is 36.4 Å². The van der Waals surface area contributed by atoms with Gasteiger partial charge in [-0.1, -0.05) is 48.5 Å². The van der Waals surface area contributed by atoms with Crippen LogP contribution in [0.15, 0.2) is 60.7 Å². The Morgan fingerprint density at radius 2 is 1.67 bits per heavy atom. The molecular formula is C18H20O3. The first-order valence-electron chi connectivity index (χ1n) is 7.39. The summed E-state index contributed by atoms with van der Waals surface area (Å²) < 4.78 is 17.2. The highest BCUT2D eigenvalue weighted by atomic mass is 16.7. The van der Waals surface area contributed by atoms with Crippen LogP contribution >= 0.6 is 0 Å². The maximum atomic E-state index is 5.90. The van der Waals surface area contributed by atoms with Crippen LogP contribution in [0.1, 0.15) is 12.0 Å². The normalized spacial score (nSPS) is 21.3. The summed E-state index contributed by atoms with van der Waals surface area (Å²) in [5.74, 6) is 0.885. The third-order valence-electron chi connectivity index (χ3n) is 3.48. The van der Waals surface area contributed by atoms with Gasteiger partial charge in [-0.25, -0.2) is 0 Å². The Kier molecular flexibility index (Phi) is 4.87. The van der Waals surface area contributed by atoms with E-state index in [1.165, 1.54) is 5.56 Å². The fourth-order valence-corrected chi connectivity index (χ4v) is 2.43. The summed E-state index contributed by atoms with van der Waals surface area (Å²) in [6.07, 6.45) is 1.65. The van der Waals surface area contributed by atoms with Crippen molar-refractivity contribution < 1.29 is 14.2 Å². The molecule has 3 rings (SSSR count). The third kappa shape index (κ3) is 4.31. The maximum Gasteiger partial charge on any atom is 0.161 e. The lowest BCUT2D eigenvalue weighted by Gasteiger charge is -2.12. The zero-order valence-electron chi connectivity index (χ0n) is 12.0. The Balaban J connectivity index is 1.39. The fourth-order valence-electron chi connectivity index (χ4n) is 2.43. The van der Waals surface area contributed by atoms with Crippen LogP contribution in [0.4, 0.5) is 0 Å². The highest BCUT2D eigenvalue weighted by Gasteiger charge is 2.25. The van der Waals surface area contributed by atoms with Crippen LogP contribution < -0.4 is 4.74 Å². The lowest BCUT2D eigenvalue weighted by Crippen LogP contribution is -2.17. The molecular weight excluding hydrogens is 264 g/mol. The van der Waals surface area contributed by atoms with Gasteiger partial charge in [0.2, 0.25) is 0 Å². The van der Waals surface area contributed by atoms with E-state index in [0.29, 0.717) is 13.2 Å². The minimum atomic E-state index is -0.151. The number of hydrogen-bond donors (Lipinski definition) is 0. The van der Waals surface area contributed by atoms with Gasteiger partial charge in [0.25, 0.3) is 0 Å². The smallest absolute Gasteiger partial charge is 0.161 e. The van der Waals surface area contributed by atoms with Crippen molar-refractivity contribution in [2.75, 3.05) is 13.2 Å². The SMILES string of the molecule is c1ccc(CC2COC(CCOc3ccccc3)O2)cc1. The van der Waals surface area contributed by atoms with E-state index in [0.717, 1.165) is 18.6 Å². The molecule has 3 nitrogen and oxygen atoms in total. The highest BCUT2D eigenvalue weighted by Crippen LogP contribution is 2.19. The molecule has 1 saturated heterocycles. The number of benzene rings is 2. The van der Waals surface area contributed by atoms with Gasteiger partial charge in [-0.3, -0.25) is 0 Å². The van der Waals surface area contributed by atoms with E-state index in [-0.39, 0.29) is 12.4 Å². The Morgan fingerprint density at radius 1 is 0.952 bits per heavy atom. The van der Waals surface area contributed by atoms with Gasteiger partial charge in [0.1, 0.15) is 5.75 Å². The van der Waals surface area contributed by atoms with Crippen molar-refractivity contribution in [1.82, 2.24) is 0 Å². The molecule has 0 bridgehead atoms. The van der Waals surface area contributed by atoms with E-state index in [2.05, 4.69) is 24.3 Å². The molecule has 21 heavy (non-hydrogen) atoms. The van der Waals surface area contributed by atoms with Crippen molar-refractivity contribution >= 4 is 0 Å². The van der Waals surface area contributed by atoms with E-state index in [9.17, 15) is 0 Å². The van der Waals surface area contributed by atoms with Gasteiger partial charge in [0.15, 0.2) is 6.29 Å². The van der Waals surface area contributed by atoms with Gasteiger partial charge in [-0.15, -0.1) is 0 Å². The standard InChI is InChI=1S/C18H20O3/c1-3-7-15(8-4-1)13-17-14-20-18(21-17)11-12-19-16-9-5-2-6-10-16/h1-10,17-18H,11-14H2. The van der Waals surface area contributed by atoms with Gasteiger partial charge in [0.05, 0.1) is 19.3 Å². The number of para-hydroxylation sites is 1. The van der Waals surface area contributed by atoms with Crippen LogP contribution in [0.5, 0.6) is 5.75 Å². The highest BCUT2D eigenvalue weighted by molar-refractivity contribution is 5.20. The van der Waals surface area contributed by atoms with E-state index in [1.54, 1.807) is 0 Å². The second-order valence-corrected chi connectivity index (χ2v) is 5.16. The third-order valence-corrected chi connectivity index (χ3v) is 3.48. The molecule has 110 valence electrons. The zero-order valence-corrected chi connectivity index (χ0v) is 12.0. The monoisotopic (exact) mass is 284 g/mol. The van der Waals surface area contributed by atoms with Crippen LogP contribution in [0.3, 0.4) is 0 Å². The second-order valence-electron chi connectivity index (χ2n) is 5.16. The van der Waals surface area contributed by atoms with Crippen molar-refractivity contribution in [3.8, 4) is 5.75 Å². The van der Waals surface area contributed by atoms with Crippen molar-refractivity contribution in [2.45, 2.75) is 25.2 Å². The minimum Gasteiger partial charge on any atom is -0.493 e. The van der Waals surface area contributed by atoms with Crippen LogP contribution in [0, 0.1) is 0 Å². The van der Waals surface area contributed by atoms with Gasteiger partial charge in [0, 0.05) is 12.8 Å². The zero-order chi connectivity index (χ0) is 14.3. The first-order chi connectivity index (χ1) is 10.4. The average Bonchev–Trinajstić information content (AvgIpc) is 2.97. The summed E-state index contributed by atoms with van der Waals surface area (Å²) >= 11 is 0. The molecule has 1 fully saturated rings. The Bertz CT molecular complexity index is 527. The molecule has 2 unspecified atom stereocenters. The van der Waals surface area contributed by atoms with Crippen LogP contribution in [-0.4, -0.2) is 25.6 Å². The van der Waals surface area contributed by atoms with Crippen molar-refractivity contribution in [1.29, 1.82) is 0 Å². The molecule has 1 aliphatic rings. The van der Waals surface area contributed by atoms with E-state index < -0.39 is 0 Å². The molecule has 1 heterocycles. The molecule has 0 spiro atoms. The Morgan fingerprint density at radius 3 is 2.43 bits per heavy atom. The topological polar surface area (TPSA) is 27.7 Å². The van der Waals surface area contributed by atoms with Crippen LogP contribution in [0.2, 0.25) is 0 Å². The first kappa shape index (κ1) is 14.1. The molecule has 2 atom stereocenters. The lowest BCUT2D eigenvalue weighted by molar-refractivity contribution is -0.0674. The van der Waals surface area contributed by atoms with E-state index >= 15 is 0 Å². The van der Waals surface area contributed by atoms with Crippen molar-refractivity contribution in [3.05, 3.63) is 66.2 Å². The lowest BCUT2D eigenvalue weighted by atomic mass is 10.1. The first-order valence-corrected chi connectivity index (χ1v) is 7.39. The van der Waals surface area contributed by atoms with Crippen LogP contribution in [-0.2, 0) is 15.9 Å². The maximum absolute atomic E-state index is 5.90. The molecule has 0 saturated carbocycles. The summed E-state index contributed by atoms with van der Waals surface area (Å²) in [7, 11) is 0. The summed E-state index contributed by atoms with van der Waals surface area (Å²) in [5.41, 5.74) is 1.28. The summed E-state index contributed by atoms with van der Waals surface area (Å²) in [4.78, 5) is 0. The molecule has 0 aromatic heterocycles. The quantitative estimate of drug-likeness (QED) is 0.813. The summed E-state index contributed by atoms with van der Waals surface area (Å²) in [6, 6.07) is 20.2. The second kappa shape index (κ2) is 7.25. The van der Waals surface area contributed by atoms with Gasteiger partial charge in [-0.2, -0.15) is 0 Å². The molecule has 3 heteroatoms. The molecule has 1 aliphatic heterocycles. The van der Waals surface area contributed by atoms with Crippen molar-refractivity contribution in [2.24, 2.45) is 0 Å². The Labute approximate surface area is 125 Å². The minimum absolute atomic E-state index is 0.147. The summed E-state index contributed by atoms with van der Waals surface area (Å²) in [5, 5.41) is 0. The van der Waals surface area contributed by atoms with Gasteiger partial charge in [-0.05, 0) is 17.7 Å². The largest absolute Gasteiger partial charge is 0.493 e. The Hall–Kier alpha value is -1.84. The number of rotatable bonds is 6. The van der Waals surface area contributed by atoms with Gasteiger partial charge < -0.3 is 14.2 Å². The van der Waals surface area contributed by atoms with E-state index in [4.69, 9.17) is 14.2 Å². The molecule has 2 aromatic carbocycles. The van der Waals surface area contributed by atoms with Crippen molar-refractivity contribution in [3.63, 3.8) is 0 Å². The average molecular weight is 284 g/mol. The predicted molar refractivity (Wildman–Crippen MR) is 81.3 cm³/mol.